The maximum absolute atomic E-state index is 13.5. The van der Waals surface area contributed by atoms with E-state index in [2.05, 4.69) is 34.7 Å². The molecule has 1 aliphatic heterocycles. The van der Waals surface area contributed by atoms with Crippen LogP contribution in [0.2, 0.25) is 0 Å². The van der Waals surface area contributed by atoms with E-state index in [4.69, 9.17) is 0 Å². The first-order valence-corrected chi connectivity index (χ1v) is 13.0. The van der Waals surface area contributed by atoms with E-state index in [9.17, 15) is 9.59 Å². The van der Waals surface area contributed by atoms with Crippen molar-refractivity contribution in [1.29, 1.82) is 0 Å². The highest BCUT2D eigenvalue weighted by Crippen LogP contribution is 2.26. The number of amides is 2. The van der Waals surface area contributed by atoms with Crippen molar-refractivity contribution < 1.29 is 9.59 Å². The number of hydrogen-bond donors (Lipinski definition) is 2. The zero-order valence-electron chi connectivity index (χ0n) is 21.1. The normalized spacial score (nSPS) is 14.8. The van der Waals surface area contributed by atoms with Gasteiger partial charge in [-0.15, -0.1) is 0 Å². The third kappa shape index (κ3) is 6.79. The molecule has 0 spiro atoms. The van der Waals surface area contributed by atoms with Crippen molar-refractivity contribution in [2.45, 2.75) is 52.0 Å². The number of nitrogens with zero attached hydrogens (tertiary/aromatic N) is 2. The van der Waals surface area contributed by atoms with Crippen molar-refractivity contribution in [1.82, 2.24) is 15.6 Å². The Hall–Kier alpha value is -3.51. The Balaban J connectivity index is 1.55. The highest BCUT2D eigenvalue weighted by atomic mass is 16.2. The Morgan fingerprint density at radius 2 is 1.81 bits per heavy atom. The number of pyridine rings is 1. The number of benzene rings is 2. The molecule has 188 valence electrons. The van der Waals surface area contributed by atoms with E-state index in [1.54, 1.807) is 24.5 Å². The van der Waals surface area contributed by atoms with Gasteiger partial charge in [0.25, 0.3) is 11.8 Å². The van der Waals surface area contributed by atoms with E-state index in [1.165, 1.54) is 24.0 Å². The number of anilines is 1. The highest BCUT2D eigenvalue weighted by molar-refractivity contribution is 6.06. The molecule has 0 fully saturated rings. The number of aryl methyl sites for hydroxylation is 1. The minimum absolute atomic E-state index is 0.0585. The summed E-state index contributed by atoms with van der Waals surface area (Å²) in [6.45, 7) is 4.83. The van der Waals surface area contributed by atoms with Gasteiger partial charge in [-0.2, -0.15) is 0 Å². The van der Waals surface area contributed by atoms with Crippen molar-refractivity contribution in [2.24, 2.45) is 0 Å². The van der Waals surface area contributed by atoms with Crippen LogP contribution < -0.4 is 15.5 Å². The van der Waals surface area contributed by atoms with Gasteiger partial charge in [-0.25, -0.2) is 0 Å². The molecule has 1 aromatic heterocycles. The maximum Gasteiger partial charge on any atom is 0.259 e. The Labute approximate surface area is 214 Å². The van der Waals surface area contributed by atoms with Crippen molar-refractivity contribution in [2.75, 3.05) is 24.5 Å². The Morgan fingerprint density at radius 1 is 0.972 bits per heavy atom. The van der Waals surface area contributed by atoms with Gasteiger partial charge in [0.1, 0.15) is 0 Å². The number of hydrogen-bond acceptors (Lipinski definition) is 4. The molecular weight excluding hydrogens is 448 g/mol. The Kier molecular flexibility index (Phi) is 9.22. The second-order valence-corrected chi connectivity index (χ2v) is 9.42. The lowest BCUT2D eigenvalue weighted by atomic mass is 10.0. The van der Waals surface area contributed by atoms with Crippen LogP contribution in [-0.4, -0.2) is 36.4 Å². The van der Waals surface area contributed by atoms with Gasteiger partial charge in [0.05, 0.1) is 5.56 Å². The van der Waals surface area contributed by atoms with Crippen molar-refractivity contribution in [3.8, 4) is 0 Å². The summed E-state index contributed by atoms with van der Waals surface area (Å²) in [5, 5.41) is 6.58. The molecule has 2 N–H and O–H groups in total. The molecule has 0 radical (unpaired) electrons. The van der Waals surface area contributed by atoms with Crippen LogP contribution in [0.15, 0.2) is 67.0 Å². The smallest absolute Gasteiger partial charge is 0.259 e. The fourth-order valence-electron chi connectivity index (χ4n) is 4.68. The van der Waals surface area contributed by atoms with E-state index in [0.29, 0.717) is 30.8 Å². The molecule has 0 saturated carbocycles. The van der Waals surface area contributed by atoms with Gasteiger partial charge < -0.3 is 15.5 Å². The van der Waals surface area contributed by atoms with Gasteiger partial charge in [-0.1, -0.05) is 43.5 Å². The average molecular weight is 485 g/mol. The molecule has 2 aromatic carbocycles. The molecule has 2 amide bonds. The molecule has 36 heavy (non-hydrogen) atoms. The first-order chi connectivity index (χ1) is 17.6. The molecule has 0 saturated heterocycles. The molecule has 6 heteroatoms. The van der Waals surface area contributed by atoms with Gasteiger partial charge in [0, 0.05) is 43.3 Å². The zero-order chi connectivity index (χ0) is 25.2. The third-order valence-electron chi connectivity index (χ3n) is 6.78. The predicted octanol–water partition coefficient (Wildman–Crippen LogP) is 5.06. The lowest BCUT2D eigenvalue weighted by molar-refractivity contribution is 0.0953. The molecule has 4 rings (SSSR count). The quantitative estimate of drug-likeness (QED) is 0.531. The van der Waals surface area contributed by atoms with Gasteiger partial charge in [0.2, 0.25) is 0 Å². The lowest BCUT2D eigenvalue weighted by Crippen LogP contribution is -2.34. The van der Waals surface area contributed by atoms with Crippen LogP contribution >= 0.6 is 0 Å². The monoisotopic (exact) mass is 484 g/mol. The Morgan fingerprint density at radius 3 is 2.64 bits per heavy atom. The van der Waals surface area contributed by atoms with E-state index < -0.39 is 0 Å². The molecule has 6 nitrogen and oxygen atoms in total. The third-order valence-corrected chi connectivity index (χ3v) is 6.78. The number of fused-ring (bicyclic) bond motifs is 1. The summed E-state index contributed by atoms with van der Waals surface area (Å²) in [6.07, 6.45) is 9.60. The molecule has 0 unspecified atom stereocenters. The first kappa shape index (κ1) is 25.6. The summed E-state index contributed by atoms with van der Waals surface area (Å²) in [5.74, 6) is -0.153. The van der Waals surface area contributed by atoms with Crippen molar-refractivity contribution in [3.63, 3.8) is 0 Å². The van der Waals surface area contributed by atoms with E-state index in [-0.39, 0.29) is 11.8 Å². The number of rotatable bonds is 5. The van der Waals surface area contributed by atoms with E-state index in [0.717, 1.165) is 43.5 Å². The van der Waals surface area contributed by atoms with Crippen molar-refractivity contribution >= 4 is 17.5 Å². The van der Waals surface area contributed by atoms with Gasteiger partial charge in [0.15, 0.2) is 0 Å². The predicted molar refractivity (Wildman–Crippen MR) is 144 cm³/mol. The summed E-state index contributed by atoms with van der Waals surface area (Å²) >= 11 is 0. The van der Waals surface area contributed by atoms with Crippen LogP contribution in [0.5, 0.6) is 0 Å². The number of carbonyl (C=O) groups is 2. The van der Waals surface area contributed by atoms with Crippen LogP contribution in [0.4, 0.5) is 5.69 Å². The topological polar surface area (TPSA) is 74.3 Å². The van der Waals surface area contributed by atoms with Gasteiger partial charge >= 0.3 is 0 Å². The molecule has 3 aromatic rings. The molecule has 1 aliphatic rings. The number of carbonyl (C=O) groups excluding carboxylic acids is 2. The average Bonchev–Trinajstić information content (AvgIpc) is 2.90. The fraction of sp³-hybridized carbons (Fsp3) is 0.367. The SMILES string of the molecule is Cc1ccccc1CCNC(=O)c1ccc2c(c1)CNCCCCCCCN2C(=O)c1cccnc1. The zero-order valence-corrected chi connectivity index (χ0v) is 21.1. The summed E-state index contributed by atoms with van der Waals surface area (Å²) in [6, 6.07) is 17.5. The largest absolute Gasteiger partial charge is 0.352 e. The fourth-order valence-corrected chi connectivity index (χ4v) is 4.68. The second kappa shape index (κ2) is 13.0. The minimum Gasteiger partial charge on any atom is -0.352 e. The van der Waals surface area contributed by atoms with E-state index >= 15 is 0 Å². The number of nitrogens with one attached hydrogen (secondary N) is 2. The highest BCUT2D eigenvalue weighted by Gasteiger charge is 2.22. The van der Waals surface area contributed by atoms with Gasteiger partial charge in [-0.3, -0.25) is 14.6 Å². The van der Waals surface area contributed by atoms with Crippen LogP contribution in [0, 0.1) is 6.92 Å². The van der Waals surface area contributed by atoms with Crippen LogP contribution in [0.1, 0.15) is 69.5 Å². The van der Waals surface area contributed by atoms with Crippen LogP contribution in [0.25, 0.3) is 0 Å². The summed E-state index contributed by atoms with van der Waals surface area (Å²) in [5.41, 5.74) is 5.47. The standard InChI is InChI=1S/C30H36N4O2/c1-23-10-5-6-11-24(23)15-18-33-29(35)25-13-14-28-27(20-25)22-31-16-7-3-2-4-8-19-34(28)30(36)26-12-9-17-32-21-26/h5-6,9-14,17,20-21,31H,2-4,7-8,15-16,18-19,22H2,1H3,(H,33,35). The molecule has 2 heterocycles. The Bertz CT molecular complexity index is 1160. The first-order valence-electron chi connectivity index (χ1n) is 13.0. The lowest BCUT2D eigenvalue weighted by Gasteiger charge is -2.26. The van der Waals surface area contributed by atoms with Crippen LogP contribution in [-0.2, 0) is 13.0 Å². The summed E-state index contributed by atoms with van der Waals surface area (Å²) < 4.78 is 0. The maximum atomic E-state index is 13.5. The van der Waals surface area contributed by atoms with E-state index in [1.807, 2.05) is 35.2 Å². The number of aromatic nitrogens is 1. The molecule has 0 atom stereocenters. The second-order valence-electron chi connectivity index (χ2n) is 9.42. The van der Waals surface area contributed by atoms with Gasteiger partial charge in [-0.05, 0) is 79.8 Å². The minimum atomic E-state index is -0.0948. The van der Waals surface area contributed by atoms with Crippen LogP contribution in [0.3, 0.4) is 0 Å². The molecule has 0 aliphatic carbocycles. The molecule has 0 bridgehead atoms. The molecular formula is C30H36N4O2. The summed E-state index contributed by atoms with van der Waals surface area (Å²) in [7, 11) is 0. The van der Waals surface area contributed by atoms with Crippen molar-refractivity contribution in [3.05, 3.63) is 94.8 Å². The summed E-state index contributed by atoms with van der Waals surface area (Å²) in [4.78, 5) is 32.5.